The number of hydrogen-bond acceptors (Lipinski definition) is 3. The summed E-state index contributed by atoms with van der Waals surface area (Å²) in [5.41, 5.74) is 4.01. The molecular formula is C18H28N2O. The van der Waals surface area contributed by atoms with Crippen LogP contribution in [0.2, 0.25) is 0 Å². The van der Waals surface area contributed by atoms with Crippen LogP contribution in [0.25, 0.3) is 0 Å². The second-order valence-corrected chi connectivity index (χ2v) is 6.90. The number of ether oxygens (including phenoxy) is 1. The fourth-order valence-electron chi connectivity index (χ4n) is 3.89. The van der Waals surface area contributed by atoms with Gasteiger partial charge in [0, 0.05) is 31.1 Å². The van der Waals surface area contributed by atoms with Gasteiger partial charge in [0.15, 0.2) is 0 Å². The monoisotopic (exact) mass is 288 g/mol. The molecule has 0 saturated carbocycles. The number of rotatable bonds is 2. The number of likely N-dealkylation sites (tertiary alicyclic amines) is 1. The van der Waals surface area contributed by atoms with Crippen molar-refractivity contribution in [3.8, 4) is 5.75 Å². The first-order valence-electron chi connectivity index (χ1n) is 8.25. The van der Waals surface area contributed by atoms with E-state index in [1.165, 1.54) is 16.7 Å². The molecule has 3 rings (SSSR count). The Kier molecular flexibility index (Phi) is 3.98. The minimum Gasteiger partial charge on any atom is -0.486 e. The van der Waals surface area contributed by atoms with E-state index >= 15 is 0 Å². The average Bonchev–Trinajstić information content (AvgIpc) is 2.44. The zero-order chi connectivity index (χ0) is 15.0. The summed E-state index contributed by atoms with van der Waals surface area (Å²) >= 11 is 0. The van der Waals surface area contributed by atoms with Crippen molar-refractivity contribution in [2.75, 3.05) is 26.7 Å². The molecule has 1 unspecified atom stereocenters. The van der Waals surface area contributed by atoms with E-state index in [2.05, 4.69) is 50.2 Å². The van der Waals surface area contributed by atoms with Gasteiger partial charge >= 0.3 is 0 Å². The largest absolute Gasteiger partial charge is 0.486 e. The van der Waals surface area contributed by atoms with Gasteiger partial charge in [-0.1, -0.05) is 24.6 Å². The number of nitrogens with one attached hydrogen (secondary N) is 1. The molecule has 2 heterocycles. The first-order chi connectivity index (χ1) is 10.0. The third-order valence-corrected chi connectivity index (χ3v) is 5.07. The third kappa shape index (κ3) is 2.82. The Balaban J connectivity index is 1.97. The highest BCUT2D eigenvalue weighted by Crippen LogP contribution is 2.45. The van der Waals surface area contributed by atoms with Gasteiger partial charge in [-0.3, -0.25) is 0 Å². The topological polar surface area (TPSA) is 24.5 Å². The Labute approximate surface area is 128 Å². The van der Waals surface area contributed by atoms with E-state index in [0.29, 0.717) is 6.04 Å². The lowest BCUT2D eigenvalue weighted by atomic mass is 9.80. The van der Waals surface area contributed by atoms with Crippen molar-refractivity contribution < 1.29 is 4.74 Å². The fraction of sp³-hybridized carbons (Fsp3) is 0.667. The summed E-state index contributed by atoms with van der Waals surface area (Å²) in [6, 6.07) is 4.98. The lowest BCUT2D eigenvalue weighted by Crippen LogP contribution is -2.51. The summed E-state index contributed by atoms with van der Waals surface area (Å²) < 4.78 is 6.60. The van der Waals surface area contributed by atoms with Gasteiger partial charge in [-0.05, 0) is 45.8 Å². The second-order valence-electron chi connectivity index (χ2n) is 6.90. The summed E-state index contributed by atoms with van der Waals surface area (Å²) in [4.78, 5) is 2.41. The second kappa shape index (κ2) is 5.62. The van der Waals surface area contributed by atoms with Gasteiger partial charge in [0.05, 0.1) is 0 Å². The molecule has 1 aromatic carbocycles. The molecule has 1 N–H and O–H groups in total. The van der Waals surface area contributed by atoms with Crippen molar-refractivity contribution in [2.45, 2.75) is 51.7 Å². The molecule has 1 spiro atoms. The SMILES string of the molecule is CCNC1CC2(CCN(C)CC2)Oc2c(C)cc(C)cc21. The smallest absolute Gasteiger partial charge is 0.127 e. The van der Waals surface area contributed by atoms with Crippen LogP contribution in [-0.4, -0.2) is 37.2 Å². The molecule has 0 aromatic heterocycles. The van der Waals surface area contributed by atoms with Gasteiger partial charge in [-0.25, -0.2) is 0 Å². The maximum absolute atomic E-state index is 6.60. The standard InChI is InChI=1S/C18H28N2O/c1-5-19-16-12-18(6-8-20(4)9-7-18)21-17-14(3)10-13(2)11-15(16)17/h10-11,16,19H,5-9,12H2,1-4H3. The summed E-state index contributed by atoms with van der Waals surface area (Å²) in [6.45, 7) is 9.84. The van der Waals surface area contributed by atoms with Gasteiger partial charge < -0.3 is 15.0 Å². The molecule has 0 aliphatic carbocycles. The van der Waals surface area contributed by atoms with Gasteiger partial charge in [-0.2, -0.15) is 0 Å². The zero-order valence-corrected chi connectivity index (χ0v) is 13.8. The Bertz CT molecular complexity index is 518. The van der Waals surface area contributed by atoms with Crippen molar-refractivity contribution in [1.29, 1.82) is 0 Å². The summed E-state index contributed by atoms with van der Waals surface area (Å²) in [7, 11) is 2.21. The molecule has 2 aliphatic rings. The number of aryl methyl sites for hydroxylation is 2. The maximum atomic E-state index is 6.60. The zero-order valence-electron chi connectivity index (χ0n) is 13.8. The van der Waals surface area contributed by atoms with Crippen molar-refractivity contribution in [3.63, 3.8) is 0 Å². The van der Waals surface area contributed by atoms with Crippen LogP contribution in [0.5, 0.6) is 5.75 Å². The molecule has 0 bridgehead atoms. The highest BCUT2D eigenvalue weighted by atomic mass is 16.5. The number of hydrogen-bond donors (Lipinski definition) is 1. The number of piperidine rings is 1. The van der Waals surface area contributed by atoms with Gasteiger partial charge in [0.2, 0.25) is 0 Å². The molecule has 3 nitrogen and oxygen atoms in total. The first kappa shape index (κ1) is 14.9. The summed E-state index contributed by atoms with van der Waals surface area (Å²) in [5, 5.41) is 3.68. The Morgan fingerprint density at radius 3 is 2.67 bits per heavy atom. The van der Waals surface area contributed by atoms with E-state index in [-0.39, 0.29) is 5.60 Å². The lowest BCUT2D eigenvalue weighted by molar-refractivity contribution is -0.0206. The van der Waals surface area contributed by atoms with E-state index in [9.17, 15) is 0 Å². The third-order valence-electron chi connectivity index (χ3n) is 5.07. The Hall–Kier alpha value is -1.06. The lowest BCUT2D eigenvalue weighted by Gasteiger charge is -2.47. The van der Waals surface area contributed by atoms with Crippen LogP contribution in [-0.2, 0) is 0 Å². The van der Waals surface area contributed by atoms with E-state index < -0.39 is 0 Å². The molecular weight excluding hydrogens is 260 g/mol. The number of benzene rings is 1. The normalized spacial score (nSPS) is 24.7. The van der Waals surface area contributed by atoms with Crippen LogP contribution in [0, 0.1) is 13.8 Å². The molecule has 2 aliphatic heterocycles. The molecule has 1 saturated heterocycles. The van der Waals surface area contributed by atoms with E-state index in [4.69, 9.17) is 4.74 Å². The predicted octanol–water partition coefficient (Wildman–Crippen LogP) is 3.20. The molecule has 21 heavy (non-hydrogen) atoms. The fourth-order valence-corrected chi connectivity index (χ4v) is 3.89. The minimum absolute atomic E-state index is 0.0341. The highest BCUT2D eigenvalue weighted by Gasteiger charge is 2.43. The molecule has 116 valence electrons. The van der Waals surface area contributed by atoms with Crippen LogP contribution in [0.4, 0.5) is 0 Å². The predicted molar refractivity (Wildman–Crippen MR) is 87.0 cm³/mol. The molecule has 0 radical (unpaired) electrons. The molecule has 1 atom stereocenters. The van der Waals surface area contributed by atoms with Crippen molar-refractivity contribution in [3.05, 3.63) is 28.8 Å². The van der Waals surface area contributed by atoms with Crippen LogP contribution < -0.4 is 10.1 Å². The minimum atomic E-state index is 0.0341. The summed E-state index contributed by atoms with van der Waals surface area (Å²) in [5.74, 6) is 1.14. The number of fused-ring (bicyclic) bond motifs is 1. The Morgan fingerprint density at radius 1 is 1.29 bits per heavy atom. The van der Waals surface area contributed by atoms with E-state index in [1.54, 1.807) is 0 Å². The quantitative estimate of drug-likeness (QED) is 0.904. The van der Waals surface area contributed by atoms with Crippen LogP contribution in [0.15, 0.2) is 12.1 Å². The first-order valence-corrected chi connectivity index (χ1v) is 8.25. The van der Waals surface area contributed by atoms with Crippen LogP contribution in [0.1, 0.15) is 48.9 Å². The van der Waals surface area contributed by atoms with Crippen LogP contribution in [0.3, 0.4) is 0 Å². The summed E-state index contributed by atoms with van der Waals surface area (Å²) in [6.07, 6.45) is 3.38. The van der Waals surface area contributed by atoms with Gasteiger partial charge in [-0.15, -0.1) is 0 Å². The maximum Gasteiger partial charge on any atom is 0.127 e. The molecule has 1 fully saturated rings. The highest BCUT2D eigenvalue weighted by molar-refractivity contribution is 5.47. The molecule has 0 amide bonds. The van der Waals surface area contributed by atoms with Gasteiger partial charge in [0.25, 0.3) is 0 Å². The van der Waals surface area contributed by atoms with Crippen LogP contribution >= 0.6 is 0 Å². The van der Waals surface area contributed by atoms with Crippen molar-refractivity contribution in [1.82, 2.24) is 10.2 Å². The molecule has 1 aromatic rings. The molecule has 3 heteroatoms. The van der Waals surface area contributed by atoms with E-state index in [0.717, 1.165) is 44.6 Å². The average molecular weight is 288 g/mol. The van der Waals surface area contributed by atoms with Crippen molar-refractivity contribution >= 4 is 0 Å². The van der Waals surface area contributed by atoms with Crippen molar-refractivity contribution in [2.24, 2.45) is 0 Å². The van der Waals surface area contributed by atoms with E-state index in [1.807, 2.05) is 0 Å². The van der Waals surface area contributed by atoms with Gasteiger partial charge in [0.1, 0.15) is 11.4 Å². The number of nitrogens with zero attached hydrogens (tertiary/aromatic N) is 1. The Morgan fingerprint density at radius 2 is 2.00 bits per heavy atom.